The molecule has 0 N–H and O–H groups in total. The monoisotopic (exact) mass is 307 g/mol. The van der Waals surface area contributed by atoms with E-state index in [2.05, 4.69) is 0 Å². The highest BCUT2D eigenvalue weighted by Gasteiger charge is 2.32. The first-order valence-corrected chi connectivity index (χ1v) is 7.35. The van der Waals surface area contributed by atoms with Crippen molar-refractivity contribution < 1.29 is 23.8 Å². The average molecular weight is 307 g/mol. The molecule has 1 aliphatic rings. The fraction of sp³-hybridized carbons (Fsp3) is 0.500. The fourth-order valence-electron chi connectivity index (χ4n) is 2.34. The Morgan fingerprint density at radius 2 is 1.95 bits per heavy atom. The largest absolute Gasteiger partial charge is 0.497 e. The van der Waals surface area contributed by atoms with Crippen LogP contribution in [0, 0.1) is 5.92 Å². The minimum atomic E-state index is -0.400. The maximum atomic E-state index is 12.0. The summed E-state index contributed by atoms with van der Waals surface area (Å²) in [6.45, 7) is 3.21. The van der Waals surface area contributed by atoms with Crippen LogP contribution in [-0.2, 0) is 20.9 Å². The van der Waals surface area contributed by atoms with E-state index in [0.29, 0.717) is 26.1 Å². The molecule has 2 rings (SSSR count). The van der Waals surface area contributed by atoms with Gasteiger partial charge in [0.25, 0.3) is 0 Å². The van der Waals surface area contributed by atoms with Crippen LogP contribution in [0.3, 0.4) is 0 Å². The number of ether oxygens (including phenoxy) is 3. The van der Waals surface area contributed by atoms with E-state index in [1.54, 1.807) is 18.9 Å². The van der Waals surface area contributed by atoms with Gasteiger partial charge in [-0.3, -0.25) is 4.79 Å². The van der Waals surface area contributed by atoms with Crippen LogP contribution in [0.4, 0.5) is 4.79 Å². The van der Waals surface area contributed by atoms with Crippen molar-refractivity contribution in [2.24, 2.45) is 5.92 Å². The molecule has 1 amide bonds. The lowest BCUT2D eigenvalue weighted by Gasteiger charge is -2.16. The van der Waals surface area contributed by atoms with Gasteiger partial charge in [0, 0.05) is 13.1 Å². The lowest BCUT2D eigenvalue weighted by Crippen LogP contribution is -2.30. The highest BCUT2D eigenvalue weighted by atomic mass is 16.6. The Kier molecular flexibility index (Phi) is 5.63. The molecule has 0 spiro atoms. The summed E-state index contributed by atoms with van der Waals surface area (Å²) in [6.07, 6.45) is 0.221. The van der Waals surface area contributed by atoms with Crippen molar-refractivity contribution in [2.45, 2.75) is 20.0 Å². The van der Waals surface area contributed by atoms with Crippen LogP contribution in [0.5, 0.6) is 5.75 Å². The van der Waals surface area contributed by atoms with E-state index >= 15 is 0 Å². The molecule has 1 aromatic rings. The van der Waals surface area contributed by atoms with Gasteiger partial charge < -0.3 is 19.1 Å². The predicted octanol–water partition coefficient (Wildman–Crippen LogP) is 2.22. The Morgan fingerprint density at radius 3 is 2.59 bits per heavy atom. The standard InChI is InChI=1S/C16H21NO5/c1-3-21-15(18)13-8-9-17(10-13)16(19)22-11-12-4-6-14(20-2)7-5-12/h4-7,13H,3,8-11H2,1-2H3. The number of esters is 1. The van der Waals surface area contributed by atoms with Crippen LogP contribution < -0.4 is 4.74 Å². The van der Waals surface area contributed by atoms with Gasteiger partial charge in [0.05, 0.1) is 19.6 Å². The number of carbonyl (C=O) groups excluding carboxylic acids is 2. The van der Waals surface area contributed by atoms with Gasteiger partial charge in [-0.25, -0.2) is 4.79 Å². The molecule has 0 saturated carbocycles. The molecule has 1 aromatic carbocycles. The van der Waals surface area contributed by atoms with Gasteiger partial charge in [-0.1, -0.05) is 12.1 Å². The SMILES string of the molecule is CCOC(=O)C1CCN(C(=O)OCc2ccc(OC)cc2)C1. The first kappa shape index (κ1) is 16.1. The molecule has 22 heavy (non-hydrogen) atoms. The minimum Gasteiger partial charge on any atom is -0.497 e. The summed E-state index contributed by atoms with van der Waals surface area (Å²) < 4.78 is 15.3. The molecular weight excluding hydrogens is 286 g/mol. The number of methoxy groups -OCH3 is 1. The van der Waals surface area contributed by atoms with Gasteiger partial charge in [0.1, 0.15) is 12.4 Å². The first-order valence-electron chi connectivity index (χ1n) is 7.35. The summed E-state index contributed by atoms with van der Waals surface area (Å²) in [4.78, 5) is 25.2. The van der Waals surface area contributed by atoms with Gasteiger partial charge >= 0.3 is 12.1 Å². The van der Waals surface area contributed by atoms with Gasteiger partial charge in [-0.2, -0.15) is 0 Å². The summed E-state index contributed by atoms with van der Waals surface area (Å²) in [6, 6.07) is 7.32. The van der Waals surface area contributed by atoms with Gasteiger partial charge in [0.15, 0.2) is 0 Å². The summed E-state index contributed by atoms with van der Waals surface area (Å²) in [5, 5.41) is 0. The fourth-order valence-corrected chi connectivity index (χ4v) is 2.34. The van der Waals surface area contributed by atoms with Crippen LogP contribution in [0.2, 0.25) is 0 Å². The van der Waals surface area contributed by atoms with Gasteiger partial charge in [-0.05, 0) is 31.0 Å². The second kappa shape index (κ2) is 7.68. The molecule has 0 aromatic heterocycles. The third-order valence-corrected chi connectivity index (χ3v) is 3.59. The van der Waals surface area contributed by atoms with Crippen molar-refractivity contribution in [1.82, 2.24) is 4.90 Å². The van der Waals surface area contributed by atoms with Crippen molar-refractivity contribution in [1.29, 1.82) is 0 Å². The van der Waals surface area contributed by atoms with Crippen molar-refractivity contribution in [3.05, 3.63) is 29.8 Å². The molecule has 1 fully saturated rings. The number of hydrogen-bond acceptors (Lipinski definition) is 5. The molecule has 0 radical (unpaired) electrons. The van der Waals surface area contributed by atoms with Crippen molar-refractivity contribution in [3.8, 4) is 5.75 Å². The van der Waals surface area contributed by atoms with Crippen molar-refractivity contribution in [2.75, 3.05) is 26.8 Å². The van der Waals surface area contributed by atoms with E-state index in [0.717, 1.165) is 11.3 Å². The molecular formula is C16H21NO5. The lowest BCUT2D eigenvalue weighted by molar-refractivity contribution is -0.147. The minimum absolute atomic E-state index is 0.198. The van der Waals surface area contributed by atoms with E-state index in [4.69, 9.17) is 14.2 Å². The van der Waals surface area contributed by atoms with Crippen LogP contribution in [0.15, 0.2) is 24.3 Å². The van der Waals surface area contributed by atoms with E-state index in [9.17, 15) is 9.59 Å². The third-order valence-electron chi connectivity index (χ3n) is 3.59. The first-order chi connectivity index (χ1) is 10.6. The highest BCUT2D eigenvalue weighted by Crippen LogP contribution is 2.19. The maximum Gasteiger partial charge on any atom is 0.410 e. The number of carbonyl (C=O) groups is 2. The topological polar surface area (TPSA) is 65.1 Å². The molecule has 1 unspecified atom stereocenters. The Hall–Kier alpha value is -2.24. The van der Waals surface area contributed by atoms with Crippen LogP contribution >= 0.6 is 0 Å². The summed E-state index contributed by atoms with van der Waals surface area (Å²) in [5.74, 6) is 0.272. The quantitative estimate of drug-likeness (QED) is 0.780. The van der Waals surface area contributed by atoms with Gasteiger partial charge in [0.2, 0.25) is 0 Å². The van der Waals surface area contributed by atoms with E-state index < -0.39 is 6.09 Å². The van der Waals surface area contributed by atoms with Crippen molar-refractivity contribution >= 4 is 12.1 Å². The molecule has 120 valence electrons. The van der Waals surface area contributed by atoms with Crippen LogP contribution in [0.25, 0.3) is 0 Å². The number of hydrogen-bond donors (Lipinski definition) is 0. The number of benzene rings is 1. The maximum absolute atomic E-state index is 12.0. The number of likely N-dealkylation sites (tertiary alicyclic amines) is 1. The zero-order valence-electron chi connectivity index (χ0n) is 12.9. The van der Waals surface area contributed by atoms with E-state index in [1.807, 2.05) is 24.3 Å². The second-order valence-corrected chi connectivity index (χ2v) is 5.09. The molecule has 0 aliphatic carbocycles. The molecule has 1 aliphatic heterocycles. The molecule has 6 nitrogen and oxygen atoms in total. The normalized spacial score (nSPS) is 17.2. The third kappa shape index (κ3) is 4.13. The Labute approximate surface area is 129 Å². The highest BCUT2D eigenvalue weighted by molar-refractivity contribution is 5.75. The lowest BCUT2D eigenvalue weighted by atomic mass is 10.1. The second-order valence-electron chi connectivity index (χ2n) is 5.09. The molecule has 1 heterocycles. The summed E-state index contributed by atoms with van der Waals surface area (Å²) >= 11 is 0. The summed E-state index contributed by atoms with van der Waals surface area (Å²) in [7, 11) is 1.60. The number of rotatable bonds is 5. The Balaban J connectivity index is 1.79. The molecule has 1 atom stereocenters. The van der Waals surface area contributed by atoms with E-state index in [1.165, 1.54) is 0 Å². The Morgan fingerprint density at radius 1 is 1.23 bits per heavy atom. The molecule has 0 bridgehead atoms. The zero-order valence-corrected chi connectivity index (χ0v) is 12.9. The van der Waals surface area contributed by atoms with Crippen molar-refractivity contribution in [3.63, 3.8) is 0 Å². The number of amides is 1. The zero-order chi connectivity index (χ0) is 15.9. The Bertz CT molecular complexity index is 514. The number of nitrogens with zero attached hydrogens (tertiary/aromatic N) is 1. The predicted molar refractivity (Wildman–Crippen MR) is 79.5 cm³/mol. The average Bonchev–Trinajstić information content (AvgIpc) is 3.03. The van der Waals surface area contributed by atoms with Crippen LogP contribution in [-0.4, -0.2) is 43.8 Å². The molecule has 6 heteroatoms. The smallest absolute Gasteiger partial charge is 0.410 e. The molecule has 1 saturated heterocycles. The van der Waals surface area contributed by atoms with Gasteiger partial charge in [-0.15, -0.1) is 0 Å². The van der Waals surface area contributed by atoms with Crippen LogP contribution in [0.1, 0.15) is 18.9 Å². The summed E-state index contributed by atoms with van der Waals surface area (Å²) in [5.41, 5.74) is 0.885. The van der Waals surface area contributed by atoms with E-state index in [-0.39, 0.29) is 18.5 Å².